The number of methoxy groups -OCH3 is 1. The van der Waals surface area contributed by atoms with Gasteiger partial charge in [-0.25, -0.2) is 13.6 Å². The van der Waals surface area contributed by atoms with Gasteiger partial charge in [-0.15, -0.1) is 0 Å². The van der Waals surface area contributed by atoms with Crippen LogP contribution in [0.5, 0.6) is 0 Å². The van der Waals surface area contributed by atoms with Crippen molar-refractivity contribution in [2.75, 3.05) is 7.11 Å². The van der Waals surface area contributed by atoms with Crippen molar-refractivity contribution < 1.29 is 27.9 Å². The molecule has 6 nitrogen and oxygen atoms in total. The van der Waals surface area contributed by atoms with Crippen LogP contribution >= 0.6 is 0 Å². The highest BCUT2D eigenvalue weighted by Gasteiger charge is 2.17. The monoisotopic (exact) mass is 436 g/mol. The first kappa shape index (κ1) is 21.3. The van der Waals surface area contributed by atoms with E-state index in [0.29, 0.717) is 12.2 Å². The van der Waals surface area contributed by atoms with E-state index < -0.39 is 17.3 Å². The predicted octanol–water partition coefficient (Wildman–Crippen LogP) is 5.50. The fourth-order valence-corrected chi connectivity index (χ4v) is 3.48. The minimum atomic E-state index is -1.36. The lowest BCUT2D eigenvalue weighted by molar-refractivity contribution is 0.0692. The average molecular weight is 436 g/mol. The first-order valence-electron chi connectivity index (χ1n) is 9.63. The Balaban J connectivity index is 1.70. The first-order valence-corrected chi connectivity index (χ1v) is 9.63. The van der Waals surface area contributed by atoms with Crippen LogP contribution in [0.4, 0.5) is 8.78 Å². The number of aryl methyl sites for hydroxylation is 1. The standard InChI is InChI=1S/C24H18F2N2O4/c1-13-9-17(25)5-8-18(13)19-6-4-15(10-16(19)12-31-2)23-27-22(28-32-23)14-3-7-20(24(29)30)21(26)11-14/h3-11H,12H2,1-2H3,(H,29,30). The van der Waals surface area contributed by atoms with Gasteiger partial charge in [0, 0.05) is 18.2 Å². The lowest BCUT2D eigenvalue weighted by Gasteiger charge is -2.13. The number of benzene rings is 3. The summed E-state index contributed by atoms with van der Waals surface area (Å²) in [4.78, 5) is 15.3. The summed E-state index contributed by atoms with van der Waals surface area (Å²) >= 11 is 0. The van der Waals surface area contributed by atoms with Gasteiger partial charge in [0.25, 0.3) is 5.89 Å². The van der Waals surface area contributed by atoms with Crippen molar-refractivity contribution in [1.82, 2.24) is 10.1 Å². The highest BCUT2D eigenvalue weighted by atomic mass is 19.1. The molecular formula is C24H18F2N2O4. The number of aromatic nitrogens is 2. The number of nitrogens with zero attached hydrogens (tertiary/aromatic N) is 2. The molecule has 0 bridgehead atoms. The van der Waals surface area contributed by atoms with Crippen LogP contribution in [-0.2, 0) is 11.3 Å². The van der Waals surface area contributed by atoms with Gasteiger partial charge in [0.05, 0.1) is 12.2 Å². The topological polar surface area (TPSA) is 85.5 Å². The van der Waals surface area contributed by atoms with E-state index in [1.165, 1.54) is 18.2 Å². The molecule has 0 aliphatic rings. The lowest BCUT2D eigenvalue weighted by atomic mass is 9.94. The number of halogens is 2. The Morgan fingerprint density at radius 2 is 1.78 bits per heavy atom. The molecule has 0 amide bonds. The zero-order valence-electron chi connectivity index (χ0n) is 17.2. The van der Waals surface area contributed by atoms with E-state index >= 15 is 0 Å². The minimum Gasteiger partial charge on any atom is -0.478 e. The molecule has 0 aliphatic heterocycles. The molecule has 4 aromatic rings. The highest BCUT2D eigenvalue weighted by molar-refractivity contribution is 5.88. The Morgan fingerprint density at radius 1 is 1.03 bits per heavy atom. The van der Waals surface area contributed by atoms with Crippen molar-refractivity contribution in [2.24, 2.45) is 0 Å². The van der Waals surface area contributed by atoms with Crippen LogP contribution in [0, 0.1) is 18.6 Å². The Kier molecular flexibility index (Phi) is 5.79. The summed E-state index contributed by atoms with van der Waals surface area (Å²) in [5.74, 6) is -2.21. The lowest BCUT2D eigenvalue weighted by Crippen LogP contribution is -2.00. The zero-order chi connectivity index (χ0) is 22.8. The smallest absolute Gasteiger partial charge is 0.338 e. The Morgan fingerprint density at radius 3 is 2.47 bits per heavy atom. The largest absolute Gasteiger partial charge is 0.478 e. The number of rotatable bonds is 6. The summed E-state index contributed by atoms with van der Waals surface area (Å²) in [6.45, 7) is 2.14. The van der Waals surface area contributed by atoms with Crippen molar-refractivity contribution in [3.63, 3.8) is 0 Å². The van der Waals surface area contributed by atoms with Gasteiger partial charge in [0.15, 0.2) is 0 Å². The molecular weight excluding hydrogens is 418 g/mol. The molecule has 1 N–H and O–H groups in total. The molecule has 0 radical (unpaired) electrons. The molecule has 0 unspecified atom stereocenters. The molecule has 3 aromatic carbocycles. The molecule has 1 aromatic heterocycles. The van der Waals surface area contributed by atoms with E-state index in [1.807, 2.05) is 19.1 Å². The number of aromatic carboxylic acids is 1. The summed E-state index contributed by atoms with van der Waals surface area (Å²) in [6, 6.07) is 13.7. The second-order valence-corrected chi connectivity index (χ2v) is 7.19. The number of ether oxygens (including phenoxy) is 1. The molecule has 0 atom stereocenters. The van der Waals surface area contributed by atoms with Gasteiger partial charge >= 0.3 is 5.97 Å². The number of carbonyl (C=O) groups is 1. The van der Waals surface area contributed by atoms with Gasteiger partial charge in [-0.05, 0) is 71.6 Å². The van der Waals surface area contributed by atoms with E-state index in [9.17, 15) is 13.6 Å². The van der Waals surface area contributed by atoms with E-state index in [-0.39, 0.29) is 23.1 Å². The summed E-state index contributed by atoms with van der Waals surface area (Å²) in [6.07, 6.45) is 0. The third-order valence-electron chi connectivity index (χ3n) is 5.01. The van der Waals surface area contributed by atoms with Crippen molar-refractivity contribution in [3.8, 4) is 34.0 Å². The summed E-state index contributed by atoms with van der Waals surface area (Å²) in [7, 11) is 1.58. The molecule has 8 heteroatoms. The summed E-state index contributed by atoms with van der Waals surface area (Å²) in [5, 5.41) is 12.9. The molecule has 0 fully saturated rings. The van der Waals surface area contributed by atoms with E-state index in [2.05, 4.69) is 10.1 Å². The van der Waals surface area contributed by atoms with Gasteiger partial charge in [-0.3, -0.25) is 0 Å². The normalized spacial score (nSPS) is 11.0. The van der Waals surface area contributed by atoms with E-state index in [0.717, 1.165) is 34.4 Å². The Bertz CT molecular complexity index is 1320. The van der Waals surface area contributed by atoms with Gasteiger partial charge in [0.1, 0.15) is 11.6 Å². The quantitative estimate of drug-likeness (QED) is 0.430. The van der Waals surface area contributed by atoms with Crippen LogP contribution in [0.25, 0.3) is 34.0 Å². The van der Waals surface area contributed by atoms with Gasteiger partial charge in [-0.1, -0.05) is 17.3 Å². The van der Waals surface area contributed by atoms with E-state index in [4.69, 9.17) is 14.4 Å². The van der Waals surface area contributed by atoms with Crippen molar-refractivity contribution >= 4 is 5.97 Å². The average Bonchev–Trinajstić information content (AvgIpc) is 3.24. The molecule has 4 rings (SSSR count). The molecule has 162 valence electrons. The van der Waals surface area contributed by atoms with Gasteiger partial charge < -0.3 is 14.4 Å². The maximum absolute atomic E-state index is 14.0. The fraction of sp³-hybridized carbons (Fsp3) is 0.125. The highest BCUT2D eigenvalue weighted by Crippen LogP contribution is 2.32. The van der Waals surface area contributed by atoms with Crippen LogP contribution in [-0.4, -0.2) is 28.3 Å². The number of hydrogen-bond acceptors (Lipinski definition) is 5. The molecule has 0 aliphatic carbocycles. The number of carboxylic acids is 1. The van der Waals surface area contributed by atoms with Crippen molar-refractivity contribution in [3.05, 3.63) is 82.9 Å². The van der Waals surface area contributed by atoms with Gasteiger partial charge in [0.2, 0.25) is 5.82 Å². The number of hydrogen-bond donors (Lipinski definition) is 1. The predicted molar refractivity (Wildman–Crippen MR) is 113 cm³/mol. The molecule has 0 saturated carbocycles. The molecule has 1 heterocycles. The third-order valence-corrected chi connectivity index (χ3v) is 5.01. The Hall–Kier alpha value is -3.91. The summed E-state index contributed by atoms with van der Waals surface area (Å²) in [5.41, 5.74) is 3.89. The zero-order valence-corrected chi connectivity index (χ0v) is 17.2. The van der Waals surface area contributed by atoms with Crippen LogP contribution < -0.4 is 0 Å². The molecule has 0 spiro atoms. The van der Waals surface area contributed by atoms with E-state index in [1.54, 1.807) is 19.2 Å². The van der Waals surface area contributed by atoms with Crippen molar-refractivity contribution in [1.29, 1.82) is 0 Å². The maximum Gasteiger partial charge on any atom is 0.338 e. The Labute approximate surface area is 182 Å². The second-order valence-electron chi connectivity index (χ2n) is 7.19. The minimum absolute atomic E-state index is 0.127. The first-order chi connectivity index (χ1) is 15.4. The maximum atomic E-state index is 14.0. The van der Waals surface area contributed by atoms with Crippen LogP contribution in [0.15, 0.2) is 59.1 Å². The fourth-order valence-electron chi connectivity index (χ4n) is 3.48. The number of carboxylic acid groups (broad SMARTS) is 1. The van der Waals surface area contributed by atoms with Crippen molar-refractivity contribution in [2.45, 2.75) is 13.5 Å². The molecule has 32 heavy (non-hydrogen) atoms. The third kappa shape index (κ3) is 4.13. The van der Waals surface area contributed by atoms with Crippen LogP contribution in [0.2, 0.25) is 0 Å². The summed E-state index contributed by atoms with van der Waals surface area (Å²) < 4.78 is 38.2. The second kappa shape index (κ2) is 8.68. The SMILES string of the molecule is COCc1cc(-c2nc(-c3ccc(C(=O)O)c(F)c3)no2)ccc1-c1ccc(F)cc1C. The molecule has 0 saturated heterocycles. The van der Waals surface area contributed by atoms with Crippen LogP contribution in [0.1, 0.15) is 21.5 Å². The van der Waals surface area contributed by atoms with Crippen LogP contribution in [0.3, 0.4) is 0 Å². The van der Waals surface area contributed by atoms with Gasteiger partial charge in [-0.2, -0.15) is 4.98 Å².